The van der Waals surface area contributed by atoms with Gasteiger partial charge in [-0.15, -0.1) is 13.2 Å². The van der Waals surface area contributed by atoms with Gasteiger partial charge in [-0.05, 0) is 81.3 Å². The molecule has 3 heterocycles. The molecule has 0 aliphatic carbocycles. The average molecular weight is 690 g/mol. The molecular formula is C34H40F5N7O3. The molecule has 1 aliphatic rings. The highest BCUT2D eigenvalue weighted by atomic mass is 19.4. The average Bonchev–Trinajstić information content (AvgIpc) is 3.44. The molecule has 10 nitrogen and oxygen atoms in total. The summed E-state index contributed by atoms with van der Waals surface area (Å²) in [6.45, 7) is 2.64. The van der Waals surface area contributed by atoms with Crippen LogP contribution in [0, 0.1) is 17.0 Å². The van der Waals surface area contributed by atoms with Crippen molar-refractivity contribution in [3.63, 3.8) is 0 Å². The largest absolute Gasteiger partial charge is 0.573 e. The summed E-state index contributed by atoms with van der Waals surface area (Å²) in [6, 6.07) is 8.09. The van der Waals surface area contributed by atoms with Crippen molar-refractivity contribution < 1.29 is 31.4 Å². The molecular weight excluding hydrogens is 649 g/mol. The van der Waals surface area contributed by atoms with Crippen molar-refractivity contribution in [1.82, 2.24) is 25.2 Å². The van der Waals surface area contributed by atoms with Crippen LogP contribution in [-0.4, -0.2) is 59.1 Å². The van der Waals surface area contributed by atoms with Gasteiger partial charge in [0.1, 0.15) is 11.5 Å². The topological polar surface area (TPSA) is 143 Å². The van der Waals surface area contributed by atoms with Crippen LogP contribution < -0.4 is 26.8 Å². The van der Waals surface area contributed by atoms with Crippen LogP contribution in [0.4, 0.5) is 22.0 Å². The van der Waals surface area contributed by atoms with Gasteiger partial charge < -0.3 is 30.8 Å². The number of methoxy groups -OCH3 is 1. The zero-order valence-corrected chi connectivity index (χ0v) is 27.2. The molecule has 0 radical (unpaired) electrons. The highest BCUT2D eigenvalue weighted by molar-refractivity contribution is 5.83. The first-order valence-electron chi connectivity index (χ1n) is 16.1. The van der Waals surface area contributed by atoms with E-state index in [9.17, 15) is 18.0 Å². The van der Waals surface area contributed by atoms with Gasteiger partial charge in [-0.25, -0.2) is 13.6 Å². The number of amidine groups is 1. The monoisotopic (exact) mass is 689 g/mol. The highest BCUT2D eigenvalue weighted by Crippen LogP contribution is 2.35. The van der Waals surface area contributed by atoms with Crippen molar-refractivity contribution >= 4 is 16.9 Å². The lowest BCUT2D eigenvalue weighted by molar-refractivity contribution is -0.275. The predicted molar refractivity (Wildman–Crippen MR) is 176 cm³/mol. The van der Waals surface area contributed by atoms with E-state index in [2.05, 4.69) is 25.3 Å². The van der Waals surface area contributed by atoms with E-state index in [4.69, 9.17) is 15.9 Å². The Labute approximate surface area is 279 Å². The molecule has 0 amide bonds. The Morgan fingerprint density at radius 2 is 2.00 bits per heavy atom. The molecule has 6 N–H and O–H groups in total. The van der Waals surface area contributed by atoms with Crippen LogP contribution in [0.3, 0.4) is 0 Å². The maximum atomic E-state index is 15.5. The smallest absolute Gasteiger partial charge is 0.403 e. The van der Waals surface area contributed by atoms with E-state index < -0.39 is 29.4 Å². The molecule has 0 unspecified atom stereocenters. The number of aromatic amines is 1. The Balaban J connectivity index is 1.41. The summed E-state index contributed by atoms with van der Waals surface area (Å²) in [5.41, 5.74) is 6.27. The number of aryl methyl sites for hydroxylation is 1. The summed E-state index contributed by atoms with van der Waals surface area (Å²) in [4.78, 5) is 19.9. The molecule has 49 heavy (non-hydrogen) atoms. The SMILES string of the molecule is COC[C@H](N)CCCc1cc(OC(F)(F)F)c(F)c(-c2cc3cn(-c4ccc([C@@H]5CCC[C@@H](CCNC(C)=N)N5)c(F)c4)c(=O)nc3[nH]2)c1. The lowest BCUT2D eigenvalue weighted by Crippen LogP contribution is -2.39. The Kier molecular flexibility index (Phi) is 11.4. The molecule has 15 heteroatoms. The second kappa shape index (κ2) is 15.5. The predicted octanol–water partition coefficient (Wildman–Crippen LogP) is 6.01. The molecule has 1 fully saturated rings. The highest BCUT2D eigenvalue weighted by Gasteiger charge is 2.33. The molecule has 0 saturated carbocycles. The van der Waals surface area contributed by atoms with Gasteiger partial charge in [-0.1, -0.05) is 12.5 Å². The number of benzene rings is 2. The van der Waals surface area contributed by atoms with Crippen molar-refractivity contribution in [2.45, 2.75) is 76.4 Å². The van der Waals surface area contributed by atoms with E-state index in [1.54, 1.807) is 19.1 Å². The number of nitrogens with one attached hydrogen (secondary N) is 4. The third-order valence-electron chi connectivity index (χ3n) is 8.55. The maximum Gasteiger partial charge on any atom is 0.573 e. The molecule has 4 aromatic rings. The number of piperidine rings is 1. The van der Waals surface area contributed by atoms with Gasteiger partial charge in [0.2, 0.25) is 0 Å². The van der Waals surface area contributed by atoms with Crippen LogP contribution in [0.15, 0.2) is 47.4 Å². The summed E-state index contributed by atoms with van der Waals surface area (Å²) >= 11 is 0. The minimum absolute atomic E-state index is 0.0760. The number of hydrogen-bond donors (Lipinski definition) is 5. The van der Waals surface area contributed by atoms with Crippen molar-refractivity contribution in [1.29, 1.82) is 5.41 Å². The normalized spacial score (nSPS) is 17.3. The van der Waals surface area contributed by atoms with Crippen LogP contribution in [0.25, 0.3) is 28.0 Å². The number of rotatable bonds is 13. The van der Waals surface area contributed by atoms with Crippen molar-refractivity contribution in [3.8, 4) is 22.7 Å². The molecule has 5 rings (SSSR count). The fourth-order valence-electron chi connectivity index (χ4n) is 6.26. The fourth-order valence-corrected chi connectivity index (χ4v) is 6.26. The molecule has 2 aromatic carbocycles. The lowest BCUT2D eigenvalue weighted by Gasteiger charge is -2.32. The fraction of sp³-hybridized carbons (Fsp3) is 0.441. The van der Waals surface area contributed by atoms with E-state index in [1.165, 1.54) is 31.5 Å². The van der Waals surface area contributed by atoms with E-state index in [0.717, 1.165) is 36.3 Å². The van der Waals surface area contributed by atoms with E-state index >= 15 is 8.78 Å². The van der Waals surface area contributed by atoms with Crippen LogP contribution in [0.5, 0.6) is 5.75 Å². The molecule has 1 aliphatic heterocycles. The second-order valence-corrected chi connectivity index (χ2v) is 12.4. The number of nitrogens with zero attached hydrogens (tertiary/aromatic N) is 2. The maximum absolute atomic E-state index is 15.5. The molecule has 1 saturated heterocycles. The summed E-state index contributed by atoms with van der Waals surface area (Å²) in [7, 11) is 1.51. The van der Waals surface area contributed by atoms with Crippen molar-refractivity contribution in [2.24, 2.45) is 5.73 Å². The Hall–Kier alpha value is -4.34. The first kappa shape index (κ1) is 36.0. The van der Waals surface area contributed by atoms with Crippen LogP contribution >= 0.6 is 0 Å². The minimum Gasteiger partial charge on any atom is -0.403 e. The summed E-state index contributed by atoms with van der Waals surface area (Å²) in [6.07, 6.45) is 1.02. The van der Waals surface area contributed by atoms with E-state index in [0.29, 0.717) is 54.8 Å². The molecule has 264 valence electrons. The van der Waals surface area contributed by atoms with E-state index in [-0.39, 0.29) is 40.7 Å². The minimum atomic E-state index is -5.12. The number of aromatic nitrogens is 3. The second-order valence-electron chi connectivity index (χ2n) is 12.4. The van der Waals surface area contributed by atoms with Gasteiger partial charge in [0.25, 0.3) is 0 Å². The number of ether oxygens (including phenoxy) is 2. The first-order chi connectivity index (χ1) is 23.3. The van der Waals surface area contributed by atoms with Crippen molar-refractivity contribution in [3.05, 3.63) is 75.8 Å². The zero-order valence-electron chi connectivity index (χ0n) is 27.2. The third kappa shape index (κ3) is 9.22. The van der Waals surface area contributed by atoms with Gasteiger partial charge in [0.05, 0.1) is 23.8 Å². The summed E-state index contributed by atoms with van der Waals surface area (Å²) < 4.78 is 80.7. The number of nitrogens with two attached hydrogens (primary N) is 1. The van der Waals surface area contributed by atoms with Crippen molar-refractivity contribution in [2.75, 3.05) is 20.3 Å². The van der Waals surface area contributed by atoms with Gasteiger partial charge in [-0.2, -0.15) is 4.98 Å². The van der Waals surface area contributed by atoms with Gasteiger partial charge in [0, 0.05) is 54.5 Å². The number of halogens is 5. The van der Waals surface area contributed by atoms with Crippen LogP contribution in [-0.2, 0) is 11.2 Å². The number of H-pyrrole nitrogens is 1. The molecule has 0 spiro atoms. The molecule has 0 bridgehead atoms. The van der Waals surface area contributed by atoms with Crippen LogP contribution in [0.2, 0.25) is 0 Å². The van der Waals surface area contributed by atoms with Gasteiger partial charge in [-0.3, -0.25) is 9.98 Å². The number of hydrogen-bond acceptors (Lipinski definition) is 7. The molecule has 3 atom stereocenters. The Morgan fingerprint density at radius 1 is 1.20 bits per heavy atom. The van der Waals surface area contributed by atoms with Gasteiger partial charge in [0.15, 0.2) is 11.6 Å². The summed E-state index contributed by atoms with van der Waals surface area (Å²) in [5, 5.41) is 14.4. The van der Waals surface area contributed by atoms with Crippen LogP contribution in [0.1, 0.15) is 62.6 Å². The molecule has 2 aromatic heterocycles. The van der Waals surface area contributed by atoms with E-state index in [1.807, 2.05) is 0 Å². The Bertz CT molecular complexity index is 1840. The summed E-state index contributed by atoms with van der Waals surface area (Å²) in [5.74, 6) is -2.33. The Morgan fingerprint density at radius 3 is 2.71 bits per heavy atom. The standard InChI is InChI=1S/C34H40F5N7O3/c1-19(40)42-12-11-23-7-4-8-28(43-23)25-10-9-24(16-27(25)35)46-17-21-15-29(44-32(21)45-33(46)47)26-13-20(5-3-6-22(41)18-48-2)14-30(31(26)36)49-34(37,38)39/h9-10,13-17,22-23,28,43H,3-8,11-12,18,41H2,1-2H3,(H2,40,42)(H,44,45,47)/t22-,23+,28+/m1/s1. The third-order valence-corrected chi connectivity index (χ3v) is 8.55. The van der Waals surface area contributed by atoms with Gasteiger partial charge >= 0.3 is 12.1 Å². The first-order valence-corrected chi connectivity index (χ1v) is 16.1. The number of alkyl halides is 3. The number of fused-ring (bicyclic) bond motifs is 1. The lowest BCUT2D eigenvalue weighted by atomic mass is 9.91. The zero-order chi connectivity index (χ0) is 35.3. The quantitative estimate of drug-likeness (QED) is 0.0657.